The second-order valence-electron chi connectivity index (χ2n) is 12.1. The number of aliphatic hydroxyl groups excluding tert-OH is 1. The molecule has 1 heterocycles. The fourth-order valence-corrected chi connectivity index (χ4v) is 8.12. The third-order valence-electron chi connectivity index (χ3n) is 10.3. The van der Waals surface area contributed by atoms with Crippen LogP contribution in [0.3, 0.4) is 0 Å². The number of ketones is 1. The Kier molecular flexibility index (Phi) is 6.87. The van der Waals surface area contributed by atoms with Gasteiger partial charge in [0.2, 0.25) is 0 Å². The fraction of sp³-hybridized carbons (Fsp3) is 0.786. The molecule has 198 valence electrons. The van der Waals surface area contributed by atoms with E-state index < -0.39 is 17.8 Å². The number of nitrogens with zero attached hydrogens (tertiary/aromatic N) is 1. The molecule has 0 aromatic rings. The van der Waals surface area contributed by atoms with E-state index in [0.29, 0.717) is 22.8 Å². The predicted molar refractivity (Wildman–Crippen MR) is 129 cm³/mol. The van der Waals surface area contributed by atoms with Gasteiger partial charge in [0.05, 0.1) is 18.6 Å². The Morgan fingerprint density at radius 2 is 1.72 bits per heavy atom. The van der Waals surface area contributed by atoms with Crippen molar-refractivity contribution in [3.8, 4) is 0 Å². The van der Waals surface area contributed by atoms with Gasteiger partial charge >= 0.3 is 5.97 Å². The highest BCUT2D eigenvalue weighted by Gasteiger charge is 2.58. The van der Waals surface area contributed by atoms with Gasteiger partial charge in [0.25, 0.3) is 11.8 Å². The fourth-order valence-electron chi connectivity index (χ4n) is 8.12. The third kappa shape index (κ3) is 4.44. The lowest BCUT2D eigenvalue weighted by molar-refractivity contribution is -0.197. The lowest BCUT2D eigenvalue weighted by Gasteiger charge is -2.58. The van der Waals surface area contributed by atoms with E-state index in [4.69, 9.17) is 9.57 Å². The summed E-state index contributed by atoms with van der Waals surface area (Å²) >= 11 is 0. The SMILES string of the molecule is CC12CC[C@H](OCC(=O)CCC(=O)ON3C(=O)CCC3=O)C=C1CCC1C2CCC2(C)C(O)CCC12. The first-order valence-corrected chi connectivity index (χ1v) is 13.7. The van der Waals surface area contributed by atoms with E-state index in [-0.39, 0.29) is 61.1 Å². The average molecular weight is 502 g/mol. The van der Waals surface area contributed by atoms with Crippen molar-refractivity contribution in [1.82, 2.24) is 5.06 Å². The Hall–Kier alpha value is -2.06. The zero-order valence-corrected chi connectivity index (χ0v) is 21.5. The van der Waals surface area contributed by atoms with Crippen molar-refractivity contribution in [1.29, 1.82) is 0 Å². The van der Waals surface area contributed by atoms with E-state index in [1.807, 2.05) is 0 Å². The lowest BCUT2D eigenvalue weighted by atomic mass is 9.47. The van der Waals surface area contributed by atoms with Gasteiger partial charge in [-0.05, 0) is 80.0 Å². The topological polar surface area (TPSA) is 110 Å². The van der Waals surface area contributed by atoms with Crippen LogP contribution in [0.5, 0.6) is 0 Å². The zero-order chi connectivity index (χ0) is 25.7. The molecule has 0 radical (unpaired) electrons. The molecule has 1 N–H and O–H groups in total. The largest absolute Gasteiger partial charge is 0.393 e. The van der Waals surface area contributed by atoms with Crippen molar-refractivity contribution in [2.24, 2.45) is 28.6 Å². The number of hydroxylamine groups is 2. The summed E-state index contributed by atoms with van der Waals surface area (Å²) in [7, 11) is 0. The van der Waals surface area contributed by atoms with Crippen LogP contribution in [0.25, 0.3) is 0 Å². The van der Waals surface area contributed by atoms with Crippen LogP contribution in [-0.2, 0) is 28.8 Å². The summed E-state index contributed by atoms with van der Waals surface area (Å²) in [5, 5.41) is 11.2. The van der Waals surface area contributed by atoms with Gasteiger partial charge in [-0.15, -0.1) is 5.06 Å². The summed E-state index contributed by atoms with van der Waals surface area (Å²) < 4.78 is 5.94. The molecule has 36 heavy (non-hydrogen) atoms. The Bertz CT molecular complexity index is 959. The van der Waals surface area contributed by atoms with E-state index in [2.05, 4.69) is 19.9 Å². The average Bonchev–Trinajstić information content (AvgIpc) is 3.34. The maximum Gasteiger partial charge on any atom is 0.333 e. The first-order chi connectivity index (χ1) is 17.1. The van der Waals surface area contributed by atoms with Crippen LogP contribution >= 0.6 is 0 Å². The van der Waals surface area contributed by atoms with Crippen molar-refractivity contribution < 1.29 is 33.9 Å². The number of carbonyl (C=O) groups is 4. The van der Waals surface area contributed by atoms with Gasteiger partial charge in [0.15, 0.2) is 5.78 Å². The molecule has 8 heteroatoms. The van der Waals surface area contributed by atoms with Gasteiger partial charge in [-0.1, -0.05) is 25.5 Å². The molecule has 5 rings (SSSR count). The standard InChI is InChI=1S/C28H39NO7/c1-27-13-11-19(35-16-18(30)4-10-26(34)36-29-24(32)8-9-25(29)33)15-17(27)3-5-20-21-6-7-23(31)28(21,2)14-12-22(20)27/h15,19-23,31H,3-14,16H2,1-2H3/t19-,20?,21?,22?,23?,27?,28?/m0/s1. The molecule has 1 aliphatic heterocycles. The molecule has 0 aromatic carbocycles. The monoisotopic (exact) mass is 501 g/mol. The van der Waals surface area contributed by atoms with E-state index in [1.165, 1.54) is 18.4 Å². The van der Waals surface area contributed by atoms with Crippen molar-refractivity contribution in [3.63, 3.8) is 0 Å². The van der Waals surface area contributed by atoms with Crippen LogP contribution in [0, 0.1) is 28.6 Å². The van der Waals surface area contributed by atoms with E-state index in [0.717, 1.165) is 38.5 Å². The van der Waals surface area contributed by atoms with Gasteiger partial charge in [0.1, 0.15) is 6.61 Å². The van der Waals surface area contributed by atoms with Crippen LogP contribution < -0.4 is 0 Å². The summed E-state index contributed by atoms with van der Waals surface area (Å²) in [6.07, 6.45) is 10.4. The van der Waals surface area contributed by atoms with E-state index in [1.54, 1.807) is 0 Å². The second-order valence-corrected chi connectivity index (χ2v) is 12.1. The molecular formula is C28H39NO7. The molecule has 0 aromatic heterocycles. The van der Waals surface area contributed by atoms with Crippen molar-refractivity contribution in [3.05, 3.63) is 11.6 Å². The number of hydrogen-bond acceptors (Lipinski definition) is 7. The highest BCUT2D eigenvalue weighted by Crippen LogP contribution is 2.65. The minimum Gasteiger partial charge on any atom is -0.393 e. The third-order valence-corrected chi connectivity index (χ3v) is 10.3. The number of hydrogen-bond donors (Lipinski definition) is 1. The molecule has 0 bridgehead atoms. The summed E-state index contributed by atoms with van der Waals surface area (Å²) in [5.41, 5.74) is 1.74. The van der Waals surface area contributed by atoms with E-state index >= 15 is 0 Å². The number of allylic oxidation sites excluding steroid dienone is 1. The molecule has 8 nitrogen and oxygen atoms in total. The number of rotatable bonds is 7. The summed E-state index contributed by atoms with van der Waals surface area (Å²) in [5.74, 6) is -0.0539. The maximum atomic E-state index is 12.3. The van der Waals surface area contributed by atoms with Crippen LogP contribution in [0.15, 0.2) is 11.6 Å². The minimum atomic E-state index is -0.766. The minimum absolute atomic E-state index is 0.0410. The Labute approximate surface area is 212 Å². The van der Waals surface area contributed by atoms with Crippen LogP contribution in [0.4, 0.5) is 0 Å². The van der Waals surface area contributed by atoms with Crippen molar-refractivity contribution >= 4 is 23.6 Å². The maximum absolute atomic E-state index is 12.3. The van der Waals surface area contributed by atoms with Crippen LogP contribution in [0.2, 0.25) is 0 Å². The molecule has 2 amide bonds. The lowest BCUT2D eigenvalue weighted by Crippen LogP contribution is -2.51. The highest BCUT2D eigenvalue weighted by atomic mass is 16.7. The van der Waals surface area contributed by atoms with Gasteiger partial charge in [-0.3, -0.25) is 14.4 Å². The normalized spacial score (nSPS) is 39.8. The second kappa shape index (κ2) is 9.67. The van der Waals surface area contributed by atoms with E-state index in [9.17, 15) is 24.3 Å². The molecule has 1 saturated heterocycles. The molecule has 6 unspecified atom stereocenters. The summed E-state index contributed by atoms with van der Waals surface area (Å²) in [6.45, 7) is 4.67. The number of amides is 2. The first kappa shape index (κ1) is 25.6. The van der Waals surface area contributed by atoms with Gasteiger partial charge in [-0.25, -0.2) is 4.79 Å². The smallest absolute Gasteiger partial charge is 0.333 e. The Balaban J connectivity index is 1.11. The zero-order valence-electron chi connectivity index (χ0n) is 21.5. The van der Waals surface area contributed by atoms with Gasteiger partial charge in [-0.2, -0.15) is 0 Å². The van der Waals surface area contributed by atoms with Crippen molar-refractivity contribution in [2.75, 3.05) is 6.61 Å². The molecule has 4 fully saturated rings. The first-order valence-electron chi connectivity index (χ1n) is 13.7. The van der Waals surface area contributed by atoms with Crippen LogP contribution in [0.1, 0.15) is 90.9 Å². The number of ether oxygens (including phenoxy) is 1. The Morgan fingerprint density at radius 1 is 0.972 bits per heavy atom. The van der Waals surface area contributed by atoms with Gasteiger partial charge in [0, 0.05) is 19.3 Å². The summed E-state index contributed by atoms with van der Waals surface area (Å²) in [4.78, 5) is 52.1. The molecule has 7 atom stereocenters. The predicted octanol–water partition coefficient (Wildman–Crippen LogP) is 3.65. The number of imide groups is 1. The number of carbonyl (C=O) groups excluding carboxylic acids is 4. The quantitative estimate of drug-likeness (QED) is 0.419. The van der Waals surface area contributed by atoms with Crippen LogP contribution in [-0.4, -0.2) is 52.6 Å². The molecule has 4 aliphatic carbocycles. The molecule has 0 spiro atoms. The van der Waals surface area contributed by atoms with Gasteiger partial charge < -0.3 is 14.7 Å². The molecule has 5 aliphatic rings. The molecular weight excluding hydrogens is 462 g/mol. The van der Waals surface area contributed by atoms with Crippen molar-refractivity contribution in [2.45, 2.75) is 103 Å². The number of aliphatic hydroxyl groups is 1. The number of fused-ring (bicyclic) bond motifs is 5. The number of Topliss-reactive ketones (excluding diaryl/α,β-unsaturated/α-hetero) is 1. The molecule has 3 saturated carbocycles. The Morgan fingerprint density at radius 3 is 2.47 bits per heavy atom. The highest BCUT2D eigenvalue weighted by molar-refractivity contribution is 6.01. The summed E-state index contributed by atoms with van der Waals surface area (Å²) in [6, 6.07) is 0.